The van der Waals surface area contributed by atoms with E-state index in [9.17, 15) is 0 Å². The molecule has 45 heavy (non-hydrogen) atoms. The number of aromatic nitrogens is 6. The minimum atomic E-state index is 0.580. The Morgan fingerprint density at radius 3 is 2.31 bits per heavy atom. The van der Waals surface area contributed by atoms with Crippen molar-refractivity contribution in [3.63, 3.8) is 0 Å². The second-order valence-corrected chi connectivity index (χ2v) is 11.1. The van der Waals surface area contributed by atoms with E-state index < -0.39 is 0 Å². The smallest absolute Gasteiger partial charge is 0.238 e. The van der Waals surface area contributed by atoms with Crippen LogP contribution in [-0.2, 0) is 0 Å². The highest BCUT2D eigenvalue weighted by Crippen LogP contribution is 2.40. The van der Waals surface area contributed by atoms with Gasteiger partial charge in [-0.3, -0.25) is 9.13 Å². The number of hydrogen-bond donors (Lipinski definition) is 0. The highest BCUT2D eigenvalue weighted by molar-refractivity contribution is 6.19. The Morgan fingerprint density at radius 2 is 1.53 bits per heavy atom. The summed E-state index contributed by atoms with van der Waals surface area (Å²) in [6.07, 6.45) is 13.3. The molecule has 0 aliphatic heterocycles. The van der Waals surface area contributed by atoms with Crippen molar-refractivity contribution in [2.24, 2.45) is 0 Å². The molecular formula is C39H34N6. The molecule has 7 aromatic rings. The Balaban J connectivity index is 1.66. The van der Waals surface area contributed by atoms with Gasteiger partial charge in [-0.1, -0.05) is 104 Å². The second kappa shape index (κ2) is 11.8. The lowest BCUT2D eigenvalue weighted by atomic mass is 10.1. The average molecular weight is 587 g/mol. The molecule has 0 fully saturated rings. The highest BCUT2D eigenvalue weighted by atomic mass is 15.2. The Hall–Kier alpha value is -5.62. The van der Waals surface area contributed by atoms with Crippen LogP contribution >= 0.6 is 0 Å². The Morgan fingerprint density at radius 1 is 0.778 bits per heavy atom. The maximum Gasteiger partial charge on any atom is 0.238 e. The van der Waals surface area contributed by atoms with Gasteiger partial charge in [0.15, 0.2) is 11.6 Å². The van der Waals surface area contributed by atoms with Crippen molar-refractivity contribution >= 4 is 44.4 Å². The summed E-state index contributed by atoms with van der Waals surface area (Å²) in [7, 11) is 0. The number of rotatable bonds is 7. The summed E-state index contributed by atoms with van der Waals surface area (Å²) < 4.78 is 4.49. The molecule has 6 nitrogen and oxygen atoms in total. The first-order chi connectivity index (χ1) is 22.1. The van der Waals surface area contributed by atoms with Crippen LogP contribution in [0, 0.1) is 6.92 Å². The number of allylic oxidation sites excluding steroid dienone is 5. The van der Waals surface area contributed by atoms with Crippen molar-refractivity contribution in [3.8, 4) is 23.2 Å². The van der Waals surface area contributed by atoms with E-state index in [1.165, 1.54) is 5.39 Å². The van der Waals surface area contributed by atoms with E-state index in [-0.39, 0.29) is 0 Å². The first-order valence-corrected chi connectivity index (χ1v) is 15.4. The third-order valence-corrected chi connectivity index (χ3v) is 8.19. The quantitative estimate of drug-likeness (QED) is 0.174. The van der Waals surface area contributed by atoms with Crippen LogP contribution in [0.5, 0.6) is 0 Å². The van der Waals surface area contributed by atoms with Gasteiger partial charge in [-0.2, -0.15) is 9.97 Å². The van der Waals surface area contributed by atoms with Gasteiger partial charge in [-0.05, 0) is 51.0 Å². The lowest BCUT2D eigenvalue weighted by molar-refractivity contribution is 0.889. The molecule has 0 spiro atoms. The molecule has 3 aromatic carbocycles. The number of pyridine rings is 1. The topological polar surface area (TPSA) is 61.4 Å². The fourth-order valence-electron chi connectivity index (χ4n) is 6.06. The van der Waals surface area contributed by atoms with Gasteiger partial charge in [0.1, 0.15) is 5.82 Å². The number of hydrogen-bond acceptors (Lipinski definition) is 4. The van der Waals surface area contributed by atoms with Crippen LogP contribution in [0.15, 0.2) is 115 Å². The molecule has 0 radical (unpaired) electrons. The molecule has 0 saturated carbocycles. The fraction of sp³-hybridized carbons (Fsp3) is 0.128. The van der Waals surface area contributed by atoms with Crippen molar-refractivity contribution in [2.45, 2.75) is 34.1 Å². The van der Waals surface area contributed by atoms with Gasteiger partial charge in [-0.25, -0.2) is 9.97 Å². The average Bonchev–Trinajstić information content (AvgIpc) is 3.58. The van der Waals surface area contributed by atoms with Crippen LogP contribution in [0.4, 0.5) is 0 Å². The fourth-order valence-corrected chi connectivity index (χ4v) is 6.06. The van der Waals surface area contributed by atoms with E-state index in [0.29, 0.717) is 17.6 Å². The molecule has 0 atom stereocenters. The molecule has 0 N–H and O–H groups in total. The van der Waals surface area contributed by atoms with Crippen LogP contribution < -0.4 is 0 Å². The number of benzene rings is 3. The molecule has 220 valence electrons. The normalized spacial score (nSPS) is 12.5. The van der Waals surface area contributed by atoms with Gasteiger partial charge in [0.05, 0.1) is 16.6 Å². The maximum atomic E-state index is 5.15. The van der Waals surface area contributed by atoms with Crippen LogP contribution in [-0.4, -0.2) is 29.1 Å². The van der Waals surface area contributed by atoms with E-state index >= 15 is 0 Å². The van der Waals surface area contributed by atoms with Gasteiger partial charge >= 0.3 is 0 Å². The van der Waals surface area contributed by atoms with E-state index in [4.69, 9.17) is 19.9 Å². The zero-order valence-corrected chi connectivity index (χ0v) is 25.9. The van der Waals surface area contributed by atoms with Crippen molar-refractivity contribution in [1.82, 2.24) is 29.1 Å². The second-order valence-electron chi connectivity index (χ2n) is 11.1. The SMILES string of the molecule is C/C=C\C=C(/C)c1nc(-c2ccccc2)nc(-n2c(C)c(/C=C\CC)c3ccc4c5ccccc5n(-c5ccccn5)c4c32)n1. The summed E-state index contributed by atoms with van der Waals surface area (Å²) in [5, 5.41) is 3.45. The monoisotopic (exact) mass is 586 g/mol. The zero-order chi connectivity index (χ0) is 30.9. The van der Waals surface area contributed by atoms with Crippen LogP contribution in [0.2, 0.25) is 0 Å². The lowest BCUT2D eigenvalue weighted by Gasteiger charge is -2.13. The molecule has 6 heteroatoms. The van der Waals surface area contributed by atoms with Crippen molar-refractivity contribution < 1.29 is 0 Å². The number of para-hydroxylation sites is 1. The third-order valence-electron chi connectivity index (χ3n) is 8.19. The van der Waals surface area contributed by atoms with E-state index in [1.54, 1.807) is 0 Å². The molecular weight excluding hydrogens is 552 g/mol. The molecule has 4 aromatic heterocycles. The van der Waals surface area contributed by atoms with Crippen LogP contribution in [0.1, 0.15) is 44.3 Å². The minimum Gasteiger partial charge on any atom is -0.292 e. The van der Waals surface area contributed by atoms with Gasteiger partial charge in [-0.15, -0.1) is 0 Å². The number of nitrogens with zero attached hydrogens (tertiary/aromatic N) is 6. The first kappa shape index (κ1) is 28.2. The molecule has 4 heterocycles. The van der Waals surface area contributed by atoms with Crippen molar-refractivity contribution in [3.05, 3.63) is 133 Å². The molecule has 0 amide bonds. The predicted octanol–water partition coefficient (Wildman–Crippen LogP) is 9.69. The molecule has 0 bridgehead atoms. The summed E-state index contributed by atoms with van der Waals surface area (Å²) >= 11 is 0. The standard InChI is InChI=1S/C39H34N6/c1-5-7-16-26(3)37-41-38(28-17-10-9-11-18-28)43-39(42-37)44-27(4)29(19-8-6-2)31-23-24-32-30-20-12-13-21-33(30)45(36(32)35(31)44)34-22-14-15-25-40-34/h5,7-25H,6H2,1-4H3/b7-5-,19-8-,26-16+. The van der Waals surface area contributed by atoms with Crippen molar-refractivity contribution in [2.75, 3.05) is 0 Å². The Labute approximate surface area is 262 Å². The van der Waals surface area contributed by atoms with E-state index in [1.807, 2.05) is 80.7 Å². The van der Waals surface area contributed by atoms with Gasteiger partial charge in [0.2, 0.25) is 5.95 Å². The van der Waals surface area contributed by atoms with Gasteiger partial charge in [0, 0.05) is 39.2 Å². The van der Waals surface area contributed by atoms with Crippen LogP contribution in [0.25, 0.3) is 67.5 Å². The summed E-state index contributed by atoms with van der Waals surface area (Å²) in [6, 6.07) is 29.2. The van der Waals surface area contributed by atoms with Gasteiger partial charge < -0.3 is 0 Å². The molecule has 0 unspecified atom stereocenters. The van der Waals surface area contributed by atoms with E-state index in [0.717, 1.165) is 62.0 Å². The maximum absolute atomic E-state index is 5.15. The highest BCUT2D eigenvalue weighted by Gasteiger charge is 2.24. The first-order valence-electron chi connectivity index (χ1n) is 15.4. The summed E-state index contributed by atoms with van der Waals surface area (Å²) in [6.45, 7) is 8.36. The summed E-state index contributed by atoms with van der Waals surface area (Å²) in [5.74, 6) is 2.71. The Kier molecular flexibility index (Phi) is 7.39. The number of fused-ring (bicyclic) bond motifs is 5. The summed E-state index contributed by atoms with van der Waals surface area (Å²) in [5.41, 5.74) is 7.31. The molecule has 0 aliphatic rings. The zero-order valence-electron chi connectivity index (χ0n) is 25.9. The predicted molar refractivity (Wildman–Crippen MR) is 187 cm³/mol. The minimum absolute atomic E-state index is 0.580. The third kappa shape index (κ3) is 4.85. The lowest BCUT2D eigenvalue weighted by Crippen LogP contribution is -2.09. The summed E-state index contributed by atoms with van der Waals surface area (Å²) in [4.78, 5) is 20.0. The molecule has 7 rings (SSSR count). The van der Waals surface area contributed by atoms with Crippen molar-refractivity contribution in [1.29, 1.82) is 0 Å². The molecule has 0 aliphatic carbocycles. The van der Waals surface area contributed by atoms with Gasteiger partial charge in [0.25, 0.3) is 0 Å². The van der Waals surface area contributed by atoms with E-state index in [2.05, 4.69) is 77.6 Å². The largest absolute Gasteiger partial charge is 0.292 e. The van der Waals surface area contributed by atoms with Crippen LogP contribution in [0.3, 0.4) is 0 Å². The molecule has 0 saturated heterocycles. The Bertz CT molecular complexity index is 2270.